The summed E-state index contributed by atoms with van der Waals surface area (Å²) in [5.74, 6) is 0.0111. The molecule has 1 aliphatic carbocycles. The van der Waals surface area contributed by atoms with Crippen LogP contribution in [0.1, 0.15) is 31.2 Å². The Morgan fingerprint density at radius 2 is 2.10 bits per heavy atom. The van der Waals surface area contributed by atoms with Gasteiger partial charge in [-0.3, -0.25) is 4.79 Å². The molecule has 0 atom stereocenters. The molecular formula is C16H22N3O+. The Balaban J connectivity index is 1.96. The molecule has 0 spiro atoms. The smallest absolute Gasteiger partial charge is 0.279 e. The predicted octanol–water partition coefficient (Wildman–Crippen LogP) is 2.52. The van der Waals surface area contributed by atoms with E-state index in [2.05, 4.69) is 25.5 Å². The molecule has 0 radical (unpaired) electrons. The summed E-state index contributed by atoms with van der Waals surface area (Å²) >= 11 is 0. The first-order chi connectivity index (χ1) is 9.51. The summed E-state index contributed by atoms with van der Waals surface area (Å²) in [6.45, 7) is 0.474. The highest BCUT2D eigenvalue weighted by atomic mass is 16.2. The molecule has 4 heteroatoms. The van der Waals surface area contributed by atoms with Crippen LogP contribution in [-0.4, -0.2) is 37.1 Å². The van der Waals surface area contributed by atoms with Gasteiger partial charge in [-0.25, -0.2) is 0 Å². The van der Waals surface area contributed by atoms with E-state index in [1.807, 2.05) is 6.07 Å². The molecule has 20 heavy (non-hydrogen) atoms. The van der Waals surface area contributed by atoms with Crippen molar-refractivity contribution in [2.45, 2.75) is 31.7 Å². The van der Waals surface area contributed by atoms with Crippen LogP contribution in [0.2, 0.25) is 0 Å². The second-order valence-corrected chi connectivity index (χ2v) is 6.12. The van der Waals surface area contributed by atoms with Crippen LogP contribution in [0.3, 0.4) is 0 Å². The van der Waals surface area contributed by atoms with E-state index in [9.17, 15) is 4.79 Å². The van der Waals surface area contributed by atoms with E-state index in [1.165, 1.54) is 25.7 Å². The number of rotatable bonds is 4. The summed E-state index contributed by atoms with van der Waals surface area (Å²) in [6.07, 6.45) is 4.98. The highest BCUT2D eigenvalue weighted by Gasteiger charge is 2.32. The molecule has 1 fully saturated rings. The van der Waals surface area contributed by atoms with Gasteiger partial charge >= 0.3 is 0 Å². The molecule has 4 nitrogen and oxygen atoms in total. The first-order valence-electron chi connectivity index (χ1n) is 7.14. The lowest BCUT2D eigenvalue weighted by Gasteiger charge is -2.35. The van der Waals surface area contributed by atoms with Crippen molar-refractivity contribution in [3.8, 4) is 6.07 Å². The maximum Gasteiger partial charge on any atom is 0.279 e. The van der Waals surface area contributed by atoms with Crippen LogP contribution >= 0.6 is 0 Å². The molecule has 1 saturated carbocycles. The van der Waals surface area contributed by atoms with E-state index in [0.29, 0.717) is 23.8 Å². The Kier molecular flexibility index (Phi) is 4.41. The number of amides is 1. The van der Waals surface area contributed by atoms with E-state index in [0.717, 1.165) is 4.48 Å². The number of hydrogen-bond acceptors (Lipinski definition) is 2. The van der Waals surface area contributed by atoms with Crippen molar-refractivity contribution in [1.29, 1.82) is 5.26 Å². The molecule has 1 aliphatic rings. The maximum absolute atomic E-state index is 12.2. The van der Waals surface area contributed by atoms with Crippen molar-refractivity contribution in [1.82, 2.24) is 0 Å². The quantitative estimate of drug-likeness (QED) is 0.856. The minimum absolute atomic E-state index is 0.0111. The van der Waals surface area contributed by atoms with Gasteiger partial charge < -0.3 is 9.80 Å². The maximum atomic E-state index is 12.2. The van der Waals surface area contributed by atoms with Crippen LogP contribution < -0.4 is 5.32 Å². The molecule has 1 N–H and O–H groups in total. The first-order valence-corrected chi connectivity index (χ1v) is 7.14. The molecule has 0 unspecified atom stereocenters. The summed E-state index contributed by atoms with van der Waals surface area (Å²) in [5, 5.41) is 11.8. The minimum Gasteiger partial charge on any atom is -0.321 e. The van der Waals surface area contributed by atoms with Gasteiger partial charge in [0.2, 0.25) is 0 Å². The molecule has 106 valence electrons. The van der Waals surface area contributed by atoms with Crippen molar-refractivity contribution in [2.24, 2.45) is 0 Å². The molecule has 2 rings (SSSR count). The summed E-state index contributed by atoms with van der Waals surface area (Å²) in [4.78, 5) is 12.2. The topological polar surface area (TPSA) is 52.9 Å². The van der Waals surface area contributed by atoms with Gasteiger partial charge in [0.1, 0.15) is 0 Å². The number of likely N-dealkylation sites (N-methyl/N-ethyl adjacent to an activating group) is 1. The lowest BCUT2D eigenvalue weighted by Crippen LogP contribution is -2.51. The molecule has 0 aromatic heterocycles. The molecule has 1 aromatic carbocycles. The highest BCUT2D eigenvalue weighted by molar-refractivity contribution is 5.91. The lowest BCUT2D eigenvalue weighted by molar-refractivity contribution is -0.906. The second-order valence-electron chi connectivity index (χ2n) is 6.12. The zero-order valence-corrected chi connectivity index (χ0v) is 12.2. The molecule has 0 heterocycles. The Bertz CT molecular complexity index is 525. The third-order valence-corrected chi connectivity index (χ3v) is 4.14. The molecule has 1 amide bonds. The van der Waals surface area contributed by atoms with Crippen molar-refractivity contribution in [3.63, 3.8) is 0 Å². The largest absolute Gasteiger partial charge is 0.321 e. The van der Waals surface area contributed by atoms with Crippen molar-refractivity contribution in [3.05, 3.63) is 29.8 Å². The van der Waals surface area contributed by atoms with E-state index >= 15 is 0 Å². The average Bonchev–Trinajstić information content (AvgIpc) is 2.92. The van der Waals surface area contributed by atoms with Gasteiger partial charge in [0.05, 0.1) is 31.8 Å². The molecule has 0 aliphatic heterocycles. The fourth-order valence-corrected chi connectivity index (χ4v) is 2.97. The fourth-order valence-electron chi connectivity index (χ4n) is 2.97. The standard InChI is InChI=1S/C16H21N3O/c1-19(2,15-8-3-4-9-15)12-16(20)18-14-7-5-6-13(10-14)11-17/h5-7,10,15H,3-4,8-9,12H2,1-2H3/p+1. The van der Waals surface area contributed by atoms with E-state index in [4.69, 9.17) is 5.26 Å². The van der Waals surface area contributed by atoms with Crippen LogP contribution in [-0.2, 0) is 4.79 Å². The van der Waals surface area contributed by atoms with Gasteiger partial charge in [-0.15, -0.1) is 0 Å². The predicted molar refractivity (Wildman–Crippen MR) is 79.0 cm³/mol. The number of quaternary nitrogens is 1. The van der Waals surface area contributed by atoms with Crippen molar-refractivity contribution in [2.75, 3.05) is 26.0 Å². The summed E-state index contributed by atoms with van der Waals surface area (Å²) in [6, 6.07) is 9.70. The summed E-state index contributed by atoms with van der Waals surface area (Å²) in [5.41, 5.74) is 1.26. The Morgan fingerprint density at radius 3 is 2.75 bits per heavy atom. The lowest BCUT2D eigenvalue weighted by atomic mass is 10.2. The summed E-state index contributed by atoms with van der Waals surface area (Å²) < 4.78 is 0.740. The third-order valence-electron chi connectivity index (χ3n) is 4.14. The molecule has 0 bridgehead atoms. The minimum atomic E-state index is 0.0111. The molecule has 1 aromatic rings. The van der Waals surface area contributed by atoms with Gasteiger partial charge in [0.25, 0.3) is 5.91 Å². The van der Waals surface area contributed by atoms with Crippen molar-refractivity contribution >= 4 is 11.6 Å². The van der Waals surface area contributed by atoms with Crippen LogP contribution in [0.15, 0.2) is 24.3 Å². The SMILES string of the molecule is C[N+](C)(CC(=O)Nc1cccc(C#N)c1)C1CCCC1. The Labute approximate surface area is 120 Å². The van der Waals surface area contributed by atoms with Crippen LogP contribution in [0.4, 0.5) is 5.69 Å². The van der Waals surface area contributed by atoms with Gasteiger partial charge in [-0.05, 0) is 43.9 Å². The zero-order valence-electron chi connectivity index (χ0n) is 12.2. The number of benzene rings is 1. The number of nitriles is 1. The average molecular weight is 272 g/mol. The number of nitrogens with one attached hydrogen (secondary N) is 1. The third kappa shape index (κ3) is 3.58. The fraction of sp³-hybridized carbons (Fsp3) is 0.500. The van der Waals surface area contributed by atoms with Crippen LogP contribution in [0, 0.1) is 11.3 Å². The van der Waals surface area contributed by atoms with Gasteiger partial charge in [-0.1, -0.05) is 6.07 Å². The molecular weight excluding hydrogens is 250 g/mol. The van der Waals surface area contributed by atoms with Crippen molar-refractivity contribution < 1.29 is 9.28 Å². The number of carbonyl (C=O) groups excluding carboxylic acids is 1. The zero-order chi connectivity index (χ0) is 14.6. The van der Waals surface area contributed by atoms with Crippen LogP contribution in [0.5, 0.6) is 0 Å². The van der Waals surface area contributed by atoms with Crippen LogP contribution in [0.25, 0.3) is 0 Å². The second kappa shape index (κ2) is 6.06. The number of hydrogen-bond donors (Lipinski definition) is 1. The van der Waals surface area contributed by atoms with E-state index in [-0.39, 0.29) is 5.91 Å². The number of nitrogens with zero attached hydrogens (tertiary/aromatic N) is 2. The van der Waals surface area contributed by atoms with E-state index in [1.54, 1.807) is 18.2 Å². The monoisotopic (exact) mass is 272 g/mol. The summed E-state index contributed by atoms with van der Waals surface area (Å²) in [7, 11) is 4.25. The van der Waals surface area contributed by atoms with Gasteiger partial charge in [-0.2, -0.15) is 5.26 Å². The first kappa shape index (κ1) is 14.5. The van der Waals surface area contributed by atoms with Gasteiger partial charge in [0.15, 0.2) is 6.54 Å². The molecule has 0 saturated heterocycles. The Hall–Kier alpha value is -1.86. The number of anilines is 1. The highest BCUT2D eigenvalue weighted by Crippen LogP contribution is 2.26. The number of carbonyl (C=O) groups is 1. The van der Waals surface area contributed by atoms with Gasteiger partial charge in [0, 0.05) is 5.69 Å². The van der Waals surface area contributed by atoms with E-state index < -0.39 is 0 Å². The normalized spacial score (nSPS) is 15.8. The Morgan fingerprint density at radius 1 is 1.40 bits per heavy atom.